The average Bonchev–Trinajstić information content (AvgIpc) is 2.48. The zero-order valence-electron chi connectivity index (χ0n) is 11.3. The average molecular weight is 224 g/mol. The predicted octanol–water partition coefficient (Wildman–Crippen LogP) is 2.50. The maximum absolute atomic E-state index is 5.90. The van der Waals surface area contributed by atoms with Gasteiger partial charge in [-0.05, 0) is 24.2 Å². The van der Waals surface area contributed by atoms with E-state index >= 15 is 0 Å². The minimum absolute atomic E-state index is 0.296. The van der Waals surface area contributed by atoms with Crippen molar-refractivity contribution in [3.05, 3.63) is 12.2 Å². The fourth-order valence-corrected chi connectivity index (χ4v) is 2.53. The minimum atomic E-state index is 0.296. The molecule has 2 atom stereocenters. The summed E-state index contributed by atoms with van der Waals surface area (Å²) in [6, 6.07) is 0.296. The van der Waals surface area contributed by atoms with Gasteiger partial charge in [0.05, 0.1) is 0 Å². The van der Waals surface area contributed by atoms with Crippen LogP contribution in [0.25, 0.3) is 0 Å². The zero-order valence-corrected chi connectivity index (χ0v) is 11.3. The first-order chi connectivity index (χ1) is 7.47. The van der Waals surface area contributed by atoms with Gasteiger partial charge >= 0.3 is 0 Å². The molecule has 0 fully saturated rings. The first-order valence-electron chi connectivity index (χ1n) is 6.63. The van der Waals surface area contributed by atoms with Gasteiger partial charge in [-0.3, -0.25) is 0 Å². The molecule has 0 spiro atoms. The van der Waals surface area contributed by atoms with Crippen LogP contribution in [0.3, 0.4) is 0 Å². The van der Waals surface area contributed by atoms with Gasteiger partial charge < -0.3 is 10.6 Å². The van der Waals surface area contributed by atoms with Crippen LogP contribution in [0.1, 0.15) is 34.1 Å². The fourth-order valence-electron chi connectivity index (χ4n) is 2.53. The van der Waals surface area contributed by atoms with E-state index in [2.05, 4.69) is 44.7 Å². The van der Waals surface area contributed by atoms with Gasteiger partial charge in [0, 0.05) is 25.7 Å². The first kappa shape index (κ1) is 13.7. The molecule has 1 rings (SSSR count). The van der Waals surface area contributed by atoms with E-state index < -0.39 is 0 Å². The summed E-state index contributed by atoms with van der Waals surface area (Å²) in [7, 11) is 0. The van der Waals surface area contributed by atoms with Crippen LogP contribution in [-0.4, -0.2) is 30.6 Å². The number of nitrogens with zero attached hydrogens (tertiary/aromatic N) is 1. The van der Waals surface area contributed by atoms with E-state index in [1.165, 1.54) is 19.6 Å². The molecule has 0 bridgehead atoms. The Morgan fingerprint density at radius 3 is 2.06 bits per heavy atom. The lowest BCUT2D eigenvalue weighted by molar-refractivity contribution is 0.199. The lowest BCUT2D eigenvalue weighted by Crippen LogP contribution is -2.35. The van der Waals surface area contributed by atoms with E-state index in [9.17, 15) is 0 Å². The fraction of sp³-hybridized carbons (Fsp3) is 0.857. The Labute approximate surface area is 101 Å². The van der Waals surface area contributed by atoms with E-state index in [0.717, 1.165) is 18.3 Å². The predicted molar refractivity (Wildman–Crippen MR) is 71.3 cm³/mol. The van der Waals surface area contributed by atoms with Crippen molar-refractivity contribution in [3.63, 3.8) is 0 Å². The van der Waals surface area contributed by atoms with Crippen molar-refractivity contribution in [2.75, 3.05) is 19.6 Å². The lowest BCUT2D eigenvalue weighted by Gasteiger charge is -2.28. The van der Waals surface area contributed by atoms with Gasteiger partial charge in [-0.25, -0.2) is 0 Å². The Hall–Kier alpha value is -0.340. The van der Waals surface area contributed by atoms with Crippen LogP contribution in [0.15, 0.2) is 12.2 Å². The molecule has 0 radical (unpaired) electrons. The molecule has 16 heavy (non-hydrogen) atoms. The van der Waals surface area contributed by atoms with Gasteiger partial charge in [-0.2, -0.15) is 0 Å². The minimum Gasteiger partial charge on any atom is -0.324 e. The topological polar surface area (TPSA) is 29.3 Å². The van der Waals surface area contributed by atoms with Crippen LogP contribution in [0, 0.1) is 17.8 Å². The Morgan fingerprint density at radius 2 is 1.69 bits per heavy atom. The van der Waals surface area contributed by atoms with Gasteiger partial charge in [0.15, 0.2) is 0 Å². The summed E-state index contributed by atoms with van der Waals surface area (Å²) in [4.78, 5) is 2.60. The third-order valence-corrected chi connectivity index (χ3v) is 2.94. The molecule has 0 aromatic heterocycles. The second kappa shape index (κ2) is 6.41. The largest absolute Gasteiger partial charge is 0.324 e. The molecule has 0 heterocycles. The molecule has 2 nitrogen and oxygen atoms in total. The number of rotatable bonds is 6. The molecule has 2 N–H and O–H groups in total. The van der Waals surface area contributed by atoms with Gasteiger partial charge in [-0.1, -0.05) is 39.8 Å². The molecule has 0 saturated carbocycles. The standard InChI is InChI=1S/C14H28N2/c1-11(2)8-16(9-12(3)4)10-13-5-6-14(15)7-13/h5-6,11-14H,7-10,15H2,1-4H3. The van der Waals surface area contributed by atoms with Crippen LogP contribution in [-0.2, 0) is 0 Å². The molecule has 0 saturated heterocycles. The number of nitrogens with two attached hydrogens (primary N) is 1. The maximum Gasteiger partial charge on any atom is 0.0229 e. The highest BCUT2D eigenvalue weighted by molar-refractivity contribution is 5.05. The molecule has 1 aliphatic rings. The van der Waals surface area contributed by atoms with Crippen LogP contribution < -0.4 is 5.73 Å². The van der Waals surface area contributed by atoms with Crippen molar-refractivity contribution < 1.29 is 0 Å². The van der Waals surface area contributed by atoms with Crippen molar-refractivity contribution >= 4 is 0 Å². The van der Waals surface area contributed by atoms with Crippen LogP contribution in [0.4, 0.5) is 0 Å². The van der Waals surface area contributed by atoms with Gasteiger partial charge in [0.25, 0.3) is 0 Å². The monoisotopic (exact) mass is 224 g/mol. The third-order valence-electron chi connectivity index (χ3n) is 2.94. The first-order valence-corrected chi connectivity index (χ1v) is 6.63. The molecule has 2 heteroatoms. The van der Waals surface area contributed by atoms with Gasteiger partial charge in [0.1, 0.15) is 0 Å². The van der Waals surface area contributed by atoms with E-state index in [4.69, 9.17) is 5.73 Å². The van der Waals surface area contributed by atoms with Crippen LogP contribution in [0.5, 0.6) is 0 Å². The van der Waals surface area contributed by atoms with Crippen molar-refractivity contribution in [2.45, 2.75) is 40.2 Å². The Balaban J connectivity index is 2.40. The summed E-state index contributed by atoms with van der Waals surface area (Å²) >= 11 is 0. The highest BCUT2D eigenvalue weighted by Crippen LogP contribution is 2.18. The Morgan fingerprint density at radius 1 is 1.12 bits per heavy atom. The summed E-state index contributed by atoms with van der Waals surface area (Å²) in [5.74, 6) is 2.17. The van der Waals surface area contributed by atoms with Crippen molar-refractivity contribution in [1.82, 2.24) is 4.90 Å². The van der Waals surface area contributed by atoms with E-state index in [1.54, 1.807) is 0 Å². The molecule has 0 aromatic carbocycles. The second-order valence-corrected chi connectivity index (χ2v) is 6.05. The van der Waals surface area contributed by atoms with E-state index in [-0.39, 0.29) is 0 Å². The van der Waals surface area contributed by atoms with Crippen LogP contribution >= 0.6 is 0 Å². The Kier molecular flexibility index (Phi) is 5.50. The van der Waals surface area contributed by atoms with Crippen molar-refractivity contribution in [1.29, 1.82) is 0 Å². The third kappa shape index (κ3) is 5.13. The quantitative estimate of drug-likeness (QED) is 0.702. The lowest BCUT2D eigenvalue weighted by atomic mass is 10.1. The molecule has 1 aliphatic carbocycles. The summed E-state index contributed by atoms with van der Waals surface area (Å²) in [6.45, 7) is 12.8. The summed E-state index contributed by atoms with van der Waals surface area (Å²) in [5.41, 5.74) is 5.90. The molecule has 0 aliphatic heterocycles. The maximum atomic E-state index is 5.90. The van der Waals surface area contributed by atoms with Gasteiger partial charge in [-0.15, -0.1) is 0 Å². The Bertz CT molecular complexity index is 211. The highest BCUT2D eigenvalue weighted by Gasteiger charge is 2.19. The summed E-state index contributed by atoms with van der Waals surface area (Å²) in [5, 5.41) is 0. The molecular formula is C14H28N2. The van der Waals surface area contributed by atoms with Crippen LogP contribution in [0.2, 0.25) is 0 Å². The zero-order chi connectivity index (χ0) is 12.1. The van der Waals surface area contributed by atoms with Crippen molar-refractivity contribution in [2.24, 2.45) is 23.5 Å². The summed E-state index contributed by atoms with van der Waals surface area (Å²) < 4.78 is 0. The van der Waals surface area contributed by atoms with Crippen molar-refractivity contribution in [3.8, 4) is 0 Å². The molecule has 0 amide bonds. The second-order valence-electron chi connectivity index (χ2n) is 6.05. The number of hydrogen-bond acceptors (Lipinski definition) is 2. The van der Waals surface area contributed by atoms with E-state index in [1.807, 2.05) is 0 Å². The SMILES string of the molecule is CC(C)CN(CC(C)C)CC1C=CC(N)C1. The van der Waals surface area contributed by atoms with E-state index in [0.29, 0.717) is 12.0 Å². The smallest absolute Gasteiger partial charge is 0.0229 e. The normalized spacial score (nSPS) is 25.2. The molecule has 94 valence electrons. The number of hydrogen-bond donors (Lipinski definition) is 1. The van der Waals surface area contributed by atoms with Gasteiger partial charge in [0.2, 0.25) is 0 Å². The molecule has 2 unspecified atom stereocenters. The highest BCUT2D eigenvalue weighted by atomic mass is 15.1. The molecular weight excluding hydrogens is 196 g/mol. The summed E-state index contributed by atoms with van der Waals surface area (Å²) in [6.07, 6.45) is 5.60. The molecule has 0 aromatic rings.